The van der Waals surface area contributed by atoms with Gasteiger partial charge in [-0.1, -0.05) is 0 Å². The molecule has 0 bridgehead atoms. The van der Waals surface area contributed by atoms with Crippen LogP contribution in [0, 0.1) is 0 Å². The van der Waals surface area contributed by atoms with E-state index in [-0.39, 0.29) is 11.4 Å². The van der Waals surface area contributed by atoms with Gasteiger partial charge >= 0.3 is 0 Å². The van der Waals surface area contributed by atoms with Crippen molar-refractivity contribution >= 4 is 5.91 Å². The second-order valence-corrected chi connectivity index (χ2v) is 5.99. The number of carbonyl (C=O) groups is 1. The van der Waals surface area contributed by atoms with Crippen molar-refractivity contribution in [1.29, 1.82) is 0 Å². The van der Waals surface area contributed by atoms with E-state index in [0.717, 1.165) is 25.7 Å². The van der Waals surface area contributed by atoms with Crippen LogP contribution < -0.4 is 10.6 Å². The molecule has 17 heavy (non-hydrogen) atoms. The van der Waals surface area contributed by atoms with E-state index in [4.69, 9.17) is 0 Å². The number of rotatable bonds is 7. The number of carbonyl (C=O) groups excluding carboxylic acids is 1. The molecule has 1 aliphatic rings. The summed E-state index contributed by atoms with van der Waals surface area (Å²) in [6.07, 6.45) is 3.20. The molecule has 1 saturated carbocycles. The monoisotopic (exact) mass is 241 g/mol. The number of hydrogen-bond donors (Lipinski definition) is 2. The van der Waals surface area contributed by atoms with E-state index < -0.39 is 0 Å². The zero-order valence-corrected chi connectivity index (χ0v) is 11.7. The first-order chi connectivity index (χ1) is 7.88. The Labute approximate surface area is 105 Å². The average molecular weight is 241 g/mol. The molecular formula is C13H27N3O. The predicted octanol–water partition coefficient (Wildman–Crippen LogP) is 0.975. The maximum absolute atomic E-state index is 11.5. The molecule has 0 heterocycles. The summed E-state index contributed by atoms with van der Waals surface area (Å²) in [5.41, 5.74) is 0.0898. The first kappa shape index (κ1) is 14.5. The van der Waals surface area contributed by atoms with Crippen LogP contribution in [0.5, 0.6) is 0 Å². The molecule has 0 atom stereocenters. The van der Waals surface area contributed by atoms with Crippen LogP contribution in [0.4, 0.5) is 0 Å². The molecule has 0 unspecified atom stereocenters. The summed E-state index contributed by atoms with van der Waals surface area (Å²) < 4.78 is 0. The van der Waals surface area contributed by atoms with Crippen molar-refractivity contribution in [3.05, 3.63) is 0 Å². The summed E-state index contributed by atoms with van der Waals surface area (Å²) in [6.45, 7) is 8.79. The number of likely N-dealkylation sites (N-methyl/N-ethyl adjacent to an activating group) is 1. The van der Waals surface area contributed by atoms with Crippen molar-refractivity contribution in [2.24, 2.45) is 0 Å². The van der Waals surface area contributed by atoms with Crippen LogP contribution in [0.3, 0.4) is 0 Å². The van der Waals surface area contributed by atoms with Crippen LogP contribution >= 0.6 is 0 Å². The normalized spacial score (nSPS) is 16.3. The number of nitrogens with zero attached hydrogens (tertiary/aromatic N) is 1. The molecule has 0 saturated heterocycles. The van der Waals surface area contributed by atoms with Gasteiger partial charge in [0, 0.05) is 37.6 Å². The minimum Gasteiger partial charge on any atom is -0.355 e. The van der Waals surface area contributed by atoms with E-state index in [9.17, 15) is 4.79 Å². The fourth-order valence-electron chi connectivity index (χ4n) is 1.71. The van der Waals surface area contributed by atoms with Gasteiger partial charge in [-0.05, 0) is 40.7 Å². The minimum atomic E-state index is 0.0898. The average Bonchev–Trinajstić information content (AvgIpc) is 2.98. The lowest BCUT2D eigenvalue weighted by molar-refractivity contribution is -0.121. The van der Waals surface area contributed by atoms with Crippen LogP contribution in [0.25, 0.3) is 0 Å². The van der Waals surface area contributed by atoms with E-state index in [0.29, 0.717) is 6.42 Å². The van der Waals surface area contributed by atoms with Crippen molar-refractivity contribution in [1.82, 2.24) is 15.5 Å². The van der Waals surface area contributed by atoms with Crippen LogP contribution in [0.1, 0.15) is 40.0 Å². The van der Waals surface area contributed by atoms with Crippen molar-refractivity contribution in [2.45, 2.75) is 51.6 Å². The molecule has 0 aromatic heterocycles. The molecule has 2 N–H and O–H groups in total. The van der Waals surface area contributed by atoms with Crippen molar-refractivity contribution in [3.8, 4) is 0 Å². The predicted molar refractivity (Wildman–Crippen MR) is 71.0 cm³/mol. The summed E-state index contributed by atoms with van der Waals surface area (Å²) in [4.78, 5) is 13.9. The topological polar surface area (TPSA) is 44.4 Å². The lowest BCUT2D eigenvalue weighted by Gasteiger charge is -2.20. The van der Waals surface area contributed by atoms with E-state index >= 15 is 0 Å². The van der Waals surface area contributed by atoms with Gasteiger partial charge in [-0.15, -0.1) is 0 Å². The van der Waals surface area contributed by atoms with Crippen molar-refractivity contribution in [3.63, 3.8) is 0 Å². The maximum atomic E-state index is 11.5. The van der Waals surface area contributed by atoms with E-state index in [1.165, 1.54) is 12.8 Å². The van der Waals surface area contributed by atoms with E-state index in [1.54, 1.807) is 0 Å². The highest BCUT2D eigenvalue weighted by Crippen LogP contribution is 2.24. The lowest BCUT2D eigenvalue weighted by atomic mass is 10.1. The van der Waals surface area contributed by atoms with Gasteiger partial charge in [0.1, 0.15) is 0 Å². The van der Waals surface area contributed by atoms with Gasteiger partial charge in [-0.3, -0.25) is 4.79 Å². The number of amides is 1. The first-order valence-corrected chi connectivity index (χ1v) is 6.60. The second kappa shape index (κ2) is 6.36. The fraction of sp³-hybridized carbons (Fsp3) is 0.923. The Morgan fingerprint density at radius 3 is 2.47 bits per heavy atom. The molecule has 1 amide bonds. The van der Waals surface area contributed by atoms with E-state index in [1.807, 2.05) is 0 Å². The molecule has 0 aliphatic heterocycles. The molecule has 0 radical (unpaired) electrons. The Bertz CT molecular complexity index is 244. The van der Waals surface area contributed by atoms with E-state index in [2.05, 4.69) is 43.4 Å². The molecule has 0 aromatic carbocycles. The number of nitrogens with one attached hydrogen (secondary N) is 2. The van der Waals surface area contributed by atoms with Gasteiger partial charge in [-0.25, -0.2) is 0 Å². The van der Waals surface area contributed by atoms with Crippen LogP contribution in [-0.4, -0.2) is 49.1 Å². The minimum absolute atomic E-state index is 0.0898. The van der Waals surface area contributed by atoms with Crippen molar-refractivity contribution < 1.29 is 4.79 Å². The highest BCUT2D eigenvalue weighted by molar-refractivity contribution is 5.76. The van der Waals surface area contributed by atoms with Gasteiger partial charge in [0.2, 0.25) is 5.91 Å². The van der Waals surface area contributed by atoms with Crippen LogP contribution in [0.15, 0.2) is 0 Å². The molecule has 1 aliphatic carbocycles. The molecule has 100 valence electrons. The van der Waals surface area contributed by atoms with Crippen LogP contribution in [0.2, 0.25) is 0 Å². The fourth-order valence-corrected chi connectivity index (χ4v) is 1.71. The third-order valence-corrected chi connectivity index (χ3v) is 2.96. The smallest absolute Gasteiger partial charge is 0.221 e. The van der Waals surface area contributed by atoms with Gasteiger partial charge in [0.15, 0.2) is 0 Å². The summed E-state index contributed by atoms with van der Waals surface area (Å²) in [7, 11) is 2.13. The molecule has 1 rings (SSSR count). The zero-order valence-electron chi connectivity index (χ0n) is 11.7. The second-order valence-electron chi connectivity index (χ2n) is 5.99. The Morgan fingerprint density at radius 2 is 1.94 bits per heavy atom. The Balaban J connectivity index is 1.97. The van der Waals surface area contributed by atoms with Crippen LogP contribution in [-0.2, 0) is 4.79 Å². The van der Waals surface area contributed by atoms with Crippen molar-refractivity contribution in [2.75, 3.05) is 26.7 Å². The van der Waals surface area contributed by atoms with Gasteiger partial charge in [-0.2, -0.15) is 0 Å². The molecule has 0 aromatic rings. The Hall–Kier alpha value is -0.610. The highest BCUT2D eigenvalue weighted by atomic mass is 16.1. The molecule has 1 fully saturated rings. The third-order valence-electron chi connectivity index (χ3n) is 2.96. The molecule has 4 heteroatoms. The summed E-state index contributed by atoms with van der Waals surface area (Å²) in [6, 6.07) is 0.773. The molecule has 0 spiro atoms. The summed E-state index contributed by atoms with van der Waals surface area (Å²) in [5, 5.41) is 6.27. The Kier molecular flexibility index (Phi) is 5.40. The first-order valence-electron chi connectivity index (χ1n) is 6.60. The zero-order chi connectivity index (χ0) is 12.9. The third kappa shape index (κ3) is 7.34. The number of hydrogen-bond acceptors (Lipinski definition) is 3. The Morgan fingerprint density at radius 1 is 1.29 bits per heavy atom. The summed E-state index contributed by atoms with van der Waals surface area (Å²) >= 11 is 0. The maximum Gasteiger partial charge on any atom is 0.221 e. The molecular weight excluding hydrogens is 214 g/mol. The SMILES string of the molecule is CN(CCNC(=O)CCNC(C)(C)C)C1CC1. The highest BCUT2D eigenvalue weighted by Gasteiger charge is 2.25. The largest absolute Gasteiger partial charge is 0.355 e. The van der Waals surface area contributed by atoms with Gasteiger partial charge < -0.3 is 15.5 Å². The van der Waals surface area contributed by atoms with Gasteiger partial charge in [0.25, 0.3) is 0 Å². The summed E-state index contributed by atoms with van der Waals surface area (Å²) in [5.74, 6) is 0.144. The molecule has 4 nitrogen and oxygen atoms in total. The lowest BCUT2D eigenvalue weighted by Crippen LogP contribution is -2.39. The standard InChI is InChI=1S/C13H27N3O/c1-13(2,3)15-8-7-12(17)14-9-10-16(4)11-5-6-11/h11,15H,5-10H2,1-4H3,(H,14,17). The van der Waals surface area contributed by atoms with Gasteiger partial charge in [0.05, 0.1) is 0 Å². The quantitative estimate of drug-likeness (QED) is 0.698.